The average Bonchev–Trinajstić information content (AvgIpc) is 3.07. The van der Waals surface area contributed by atoms with Gasteiger partial charge in [0.05, 0.1) is 30.1 Å². The summed E-state index contributed by atoms with van der Waals surface area (Å²) < 4.78 is 9.59. The molecule has 0 aliphatic heterocycles. The predicted molar refractivity (Wildman–Crippen MR) is 93.0 cm³/mol. The van der Waals surface area contributed by atoms with Crippen LogP contribution in [0.15, 0.2) is 29.4 Å². The minimum absolute atomic E-state index is 0.336. The van der Waals surface area contributed by atoms with Crippen molar-refractivity contribution in [2.24, 2.45) is 12.0 Å². The second kappa shape index (κ2) is 6.34. The lowest BCUT2D eigenvalue weighted by atomic mass is 10.3. The molecule has 0 fully saturated rings. The van der Waals surface area contributed by atoms with Crippen molar-refractivity contribution in [2.75, 3.05) is 7.11 Å². The third-order valence-corrected chi connectivity index (χ3v) is 4.70. The highest BCUT2D eigenvalue weighted by Gasteiger charge is 2.15. The summed E-state index contributed by atoms with van der Waals surface area (Å²) in [4.78, 5) is 17.4. The van der Waals surface area contributed by atoms with Crippen LogP contribution >= 0.6 is 11.3 Å². The summed E-state index contributed by atoms with van der Waals surface area (Å²) in [6.45, 7) is 2.17. The monoisotopic (exact) mass is 340 g/mol. The Labute approximate surface area is 143 Å². The second-order valence-corrected chi connectivity index (χ2v) is 6.23. The van der Waals surface area contributed by atoms with Crippen LogP contribution in [0.2, 0.25) is 0 Å². The molecule has 24 heavy (non-hydrogen) atoms. The summed E-state index contributed by atoms with van der Waals surface area (Å²) in [5.74, 6) is 3.02. The van der Waals surface area contributed by atoms with E-state index in [2.05, 4.69) is 16.0 Å². The summed E-state index contributed by atoms with van der Waals surface area (Å²) in [7, 11) is 3.34. The van der Waals surface area contributed by atoms with Gasteiger partial charge in [0.1, 0.15) is 11.4 Å². The number of aromatic nitrogens is 3. The highest BCUT2D eigenvalue weighted by Crippen LogP contribution is 2.23. The van der Waals surface area contributed by atoms with E-state index >= 15 is 0 Å². The van der Waals surface area contributed by atoms with Gasteiger partial charge < -0.3 is 9.30 Å². The molecule has 0 aliphatic rings. The molecule has 0 radical (unpaired) electrons. The summed E-state index contributed by atoms with van der Waals surface area (Å²) in [6, 6.07) is 5.69. The Morgan fingerprint density at radius 3 is 2.92 bits per heavy atom. The van der Waals surface area contributed by atoms with Crippen LogP contribution in [-0.2, 0) is 13.6 Å². The normalized spacial score (nSPS) is 11.7. The lowest BCUT2D eigenvalue weighted by molar-refractivity contribution is 0.0988. The molecule has 0 saturated heterocycles. The molecule has 2 heterocycles. The van der Waals surface area contributed by atoms with Gasteiger partial charge in [-0.3, -0.25) is 9.48 Å². The fourth-order valence-corrected chi connectivity index (χ4v) is 3.56. The van der Waals surface area contributed by atoms with Gasteiger partial charge in [-0.1, -0.05) is 17.3 Å². The molecule has 6 nitrogen and oxygen atoms in total. The minimum atomic E-state index is -0.336. The van der Waals surface area contributed by atoms with Gasteiger partial charge in [0.25, 0.3) is 5.91 Å². The number of hydrogen-bond donors (Lipinski definition) is 0. The first-order valence-corrected chi connectivity index (χ1v) is 8.05. The Bertz CT molecular complexity index is 1010. The van der Waals surface area contributed by atoms with Gasteiger partial charge in [0.2, 0.25) is 0 Å². The van der Waals surface area contributed by atoms with Gasteiger partial charge in [0.15, 0.2) is 4.80 Å². The van der Waals surface area contributed by atoms with Crippen molar-refractivity contribution in [3.63, 3.8) is 0 Å². The SMILES string of the molecule is C#CCn1c(=NC(=O)c2c(C)cnn2C)sc2cc(OC)ccc21. The third-order valence-electron chi connectivity index (χ3n) is 3.66. The number of benzene rings is 1. The Kier molecular flexibility index (Phi) is 4.23. The van der Waals surface area contributed by atoms with E-state index in [9.17, 15) is 4.79 Å². The molecule has 0 spiro atoms. The lowest BCUT2D eigenvalue weighted by Crippen LogP contribution is -2.18. The highest BCUT2D eigenvalue weighted by atomic mass is 32.1. The van der Waals surface area contributed by atoms with Crippen molar-refractivity contribution in [2.45, 2.75) is 13.5 Å². The van der Waals surface area contributed by atoms with Gasteiger partial charge >= 0.3 is 0 Å². The van der Waals surface area contributed by atoms with E-state index in [4.69, 9.17) is 11.2 Å². The van der Waals surface area contributed by atoms with Crippen LogP contribution < -0.4 is 9.54 Å². The van der Waals surface area contributed by atoms with Gasteiger partial charge in [-0.25, -0.2) is 0 Å². The number of terminal acetylenes is 1. The van der Waals surface area contributed by atoms with E-state index < -0.39 is 0 Å². The van der Waals surface area contributed by atoms with Gasteiger partial charge in [-0.15, -0.1) is 6.42 Å². The lowest BCUT2D eigenvalue weighted by Gasteiger charge is -2.02. The molecule has 0 atom stereocenters. The zero-order valence-corrected chi connectivity index (χ0v) is 14.4. The van der Waals surface area contributed by atoms with Crippen LogP contribution in [0.4, 0.5) is 0 Å². The topological polar surface area (TPSA) is 61.4 Å². The molecule has 0 unspecified atom stereocenters. The molecule has 122 valence electrons. The molecule has 0 aliphatic carbocycles. The highest BCUT2D eigenvalue weighted by molar-refractivity contribution is 7.16. The smallest absolute Gasteiger partial charge is 0.298 e. The number of fused-ring (bicyclic) bond motifs is 1. The molecule has 3 aromatic rings. The Morgan fingerprint density at radius 2 is 2.29 bits per heavy atom. The number of rotatable bonds is 3. The molecule has 7 heteroatoms. The number of aryl methyl sites for hydroxylation is 2. The van der Waals surface area contributed by atoms with Crippen molar-refractivity contribution in [3.8, 4) is 18.1 Å². The maximum atomic E-state index is 12.6. The first-order valence-electron chi connectivity index (χ1n) is 7.23. The number of amides is 1. The van der Waals surface area contributed by atoms with Crippen LogP contribution in [-0.4, -0.2) is 27.4 Å². The van der Waals surface area contributed by atoms with E-state index in [1.807, 2.05) is 29.7 Å². The molecular weight excluding hydrogens is 324 g/mol. The zero-order valence-electron chi connectivity index (χ0n) is 13.6. The zero-order chi connectivity index (χ0) is 17.3. The Hall–Kier alpha value is -2.85. The van der Waals surface area contributed by atoms with Gasteiger partial charge in [-0.05, 0) is 25.1 Å². The summed E-state index contributed by atoms with van der Waals surface area (Å²) >= 11 is 1.40. The van der Waals surface area contributed by atoms with Crippen LogP contribution in [0.1, 0.15) is 16.1 Å². The second-order valence-electron chi connectivity index (χ2n) is 5.23. The van der Waals surface area contributed by atoms with Crippen LogP contribution in [0.25, 0.3) is 10.2 Å². The van der Waals surface area contributed by atoms with E-state index in [0.29, 0.717) is 17.0 Å². The van der Waals surface area contributed by atoms with Gasteiger partial charge in [0, 0.05) is 12.6 Å². The minimum Gasteiger partial charge on any atom is -0.497 e. The van der Waals surface area contributed by atoms with E-state index in [0.717, 1.165) is 21.5 Å². The summed E-state index contributed by atoms with van der Waals surface area (Å²) in [6.07, 6.45) is 7.12. The van der Waals surface area contributed by atoms with Crippen molar-refractivity contribution in [1.29, 1.82) is 0 Å². The number of carbonyl (C=O) groups is 1. The fraction of sp³-hybridized carbons (Fsp3) is 0.235. The molecule has 1 aromatic carbocycles. The van der Waals surface area contributed by atoms with Crippen molar-refractivity contribution < 1.29 is 9.53 Å². The number of thiazole rings is 1. The first kappa shape index (κ1) is 16.0. The number of nitrogens with zero attached hydrogens (tertiary/aromatic N) is 4. The molecular formula is C17H16N4O2S. The van der Waals surface area contributed by atoms with Crippen LogP contribution in [0.5, 0.6) is 5.75 Å². The molecule has 0 saturated carbocycles. The molecule has 0 bridgehead atoms. The van der Waals surface area contributed by atoms with Gasteiger partial charge in [-0.2, -0.15) is 10.1 Å². The molecule has 2 aromatic heterocycles. The van der Waals surface area contributed by atoms with Crippen molar-refractivity contribution in [1.82, 2.24) is 14.3 Å². The largest absolute Gasteiger partial charge is 0.497 e. The number of hydrogen-bond acceptors (Lipinski definition) is 4. The number of ether oxygens (including phenoxy) is 1. The quantitative estimate of drug-likeness (QED) is 0.686. The summed E-state index contributed by atoms with van der Waals surface area (Å²) in [5, 5.41) is 4.09. The van der Waals surface area contributed by atoms with Crippen molar-refractivity contribution >= 4 is 27.5 Å². The maximum absolute atomic E-state index is 12.6. The summed E-state index contributed by atoms with van der Waals surface area (Å²) in [5.41, 5.74) is 2.18. The maximum Gasteiger partial charge on any atom is 0.298 e. The third kappa shape index (κ3) is 2.72. The molecule has 3 rings (SSSR count). The molecule has 1 amide bonds. The van der Waals surface area contributed by atoms with Crippen LogP contribution in [0, 0.1) is 19.3 Å². The van der Waals surface area contributed by atoms with E-state index in [1.54, 1.807) is 20.4 Å². The van der Waals surface area contributed by atoms with E-state index in [-0.39, 0.29) is 5.91 Å². The first-order chi connectivity index (χ1) is 11.5. The standard InChI is InChI=1S/C17H16N4O2S/c1-5-8-21-13-7-6-12(23-4)9-14(13)24-17(21)19-16(22)15-11(2)10-18-20(15)3/h1,6-7,9-10H,8H2,2-4H3. The average molecular weight is 340 g/mol. The number of carbonyl (C=O) groups excluding carboxylic acids is 1. The van der Waals surface area contributed by atoms with Crippen LogP contribution in [0.3, 0.4) is 0 Å². The van der Waals surface area contributed by atoms with Crippen molar-refractivity contribution in [3.05, 3.63) is 40.5 Å². The Balaban J connectivity index is 2.19. The number of methoxy groups -OCH3 is 1. The van der Waals surface area contributed by atoms with E-state index in [1.165, 1.54) is 16.0 Å². The fourth-order valence-electron chi connectivity index (χ4n) is 2.50. The molecule has 0 N–H and O–H groups in total. The Morgan fingerprint density at radius 1 is 1.50 bits per heavy atom. The predicted octanol–water partition coefficient (Wildman–Crippen LogP) is 2.13.